The van der Waals surface area contributed by atoms with Crippen LogP contribution in [0.3, 0.4) is 0 Å². The number of nitrogens with one attached hydrogen (secondary N) is 1. The lowest BCUT2D eigenvalue weighted by molar-refractivity contribution is 0.357. The maximum absolute atomic E-state index is 12.4. The van der Waals surface area contributed by atoms with Crippen molar-refractivity contribution in [3.63, 3.8) is 0 Å². The molecule has 1 aliphatic carbocycles. The zero-order chi connectivity index (χ0) is 16.7. The Morgan fingerprint density at radius 1 is 1.30 bits per heavy atom. The van der Waals surface area contributed by atoms with E-state index in [1.807, 2.05) is 0 Å². The van der Waals surface area contributed by atoms with Crippen LogP contribution >= 0.6 is 11.3 Å². The third-order valence-corrected chi connectivity index (χ3v) is 6.69. The Balaban J connectivity index is 1.98. The van der Waals surface area contributed by atoms with Crippen LogP contribution in [0.15, 0.2) is 53.5 Å². The van der Waals surface area contributed by atoms with E-state index < -0.39 is 10.0 Å². The zero-order valence-electron chi connectivity index (χ0n) is 13.2. The molecular formula is C17H23NO3S2. The third kappa shape index (κ3) is 5.34. The molecule has 0 radical (unpaired) electrons. The normalized spacial score (nSPS) is 17.0. The van der Waals surface area contributed by atoms with Crippen LogP contribution in [0, 0.1) is 5.92 Å². The van der Waals surface area contributed by atoms with E-state index in [2.05, 4.69) is 17.9 Å². The number of allylic oxidation sites excluding steroid dienone is 3. The summed E-state index contributed by atoms with van der Waals surface area (Å²) in [5.41, 5.74) is 0. The molecular weight excluding hydrogens is 330 g/mol. The lowest BCUT2D eigenvalue weighted by atomic mass is 9.90. The molecule has 0 bridgehead atoms. The summed E-state index contributed by atoms with van der Waals surface area (Å²) in [6.07, 6.45) is 10.7. The van der Waals surface area contributed by atoms with Crippen molar-refractivity contribution in [3.05, 3.63) is 49.3 Å². The molecule has 0 unspecified atom stereocenters. The number of rotatable bonds is 8. The average Bonchev–Trinajstić information content (AvgIpc) is 3.03. The van der Waals surface area contributed by atoms with Crippen LogP contribution in [0.1, 0.15) is 32.1 Å². The van der Waals surface area contributed by atoms with Gasteiger partial charge in [-0.2, -0.15) is 0 Å². The Morgan fingerprint density at radius 3 is 2.70 bits per heavy atom. The van der Waals surface area contributed by atoms with Crippen molar-refractivity contribution < 1.29 is 13.2 Å². The number of hydrogen-bond donors (Lipinski definition) is 1. The van der Waals surface area contributed by atoms with Crippen LogP contribution in [-0.2, 0) is 10.0 Å². The highest BCUT2D eigenvalue weighted by Crippen LogP contribution is 2.30. The fourth-order valence-electron chi connectivity index (χ4n) is 2.57. The van der Waals surface area contributed by atoms with Gasteiger partial charge in [-0.25, -0.2) is 13.1 Å². The molecule has 1 aromatic heterocycles. The lowest BCUT2D eigenvalue weighted by Gasteiger charge is -2.21. The van der Waals surface area contributed by atoms with E-state index >= 15 is 0 Å². The maximum Gasteiger partial charge on any atom is 0.250 e. The van der Waals surface area contributed by atoms with E-state index in [1.54, 1.807) is 30.4 Å². The zero-order valence-corrected chi connectivity index (χ0v) is 14.8. The largest absolute Gasteiger partial charge is 0.447 e. The third-order valence-electron chi connectivity index (χ3n) is 3.81. The molecule has 0 saturated heterocycles. The van der Waals surface area contributed by atoms with Crippen LogP contribution < -0.4 is 9.46 Å². The van der Waals surface area contributed by atoms with Gasteiger partial charge in [0.05, 0.1) is 0 Å². The van der Waals surface area contributed by atoms with E-state index in [0.717, 1.165) is 24.2 Å². The van der Waals surface area contributed by atoms with Crippen LogP contribution in [0.2, 0.25) is 0 Å². The SMILES string of the molecule is C=C/C=C(\C=C)Oc1ccc(S(=O)(=O)NCC2CCCCC2)s1. The second-order valence-corrected chi connectivity index (χ2v) is 8.58. The van der Waals surface area contributed by atoms with Crippen molar-refractivity contribution in [3.8, 4) is 5.06 Å². The van der Waals surface area contributed by atoms with E-state index in [0.29, 0.717) is 23.3 Å². The minimum atomic E-state index is -3.47. The topological polar surface area (TPSA) is 55.4 Å². The molecule has 1 fully saturated rings. The summed E-state index contributed by atoms with van der Waals surface area (Å²) in [6.45, 7) is 7.76. The van der Waals surface area contributed by atoms with Gasteiger partial charge in [0.1, 0.15) is 9.97 Å². The van der Waals surface area contributed by atoms with Gasteiger partial charge in [-0.05, 0) is 43.0 Å². The fourth-order valence-corrected chi connectivity index (χ4v) is 4.88. The summed E-state index contributed by atoms with van der Waals surface area (Å²) in [7, 11) is -3.47. The highest BCUT2D eigenvalue weighted by molar-refractivity contribution is 7.91. The molecule has 1 N–H and O–H groups in total. The van der Waals surface area contributed by atoms with Crippen LogP contribution in [0.5, 0.6) is 5.06 Å². The monoisotopic (exact) mass is 353 g/mol. The summed E-state index contributed by atoms with van der Waals surface area (Å²) in [5, 5.41) is 0.510. The van der Waals surface area contributed by atoms with Crippen molar-refractivity contribution in [1.29, 1.82) is 0 Å². The van der Waals surface area contributed by atoms with Crippen molar-refractivity contribution >= 4 is 21.4 Å². The van der Waals surface area contributed by atoms with Gasteiger partial charge in [0.2, 0.25) is 10.0 Å². The molecule has 4 nitrogen and oxygen atoms in total. The minimum absolute atomic E-state index is 0.269. The molecule has 6 heteroatoms. The van der Waals surface area contributed by atoms with Gasteiger partial charge < -0.3 is 4.74 Å². The fraction of sp³-hybridized carbons (Fsp3) is 0.412. The molecule has 0 aliphatic heterocycles. The second kappa shape index (κ2) is 8.47. The Kier molecular flexibility index (Phi) is 6.62. The van der Waals surface area contributed by atoms with Crippen LogP contribution in [-0.4, -0.2) is 15.0 Å². The first-order valence-electron chi connectivity index (χ1n) is 7.77. The molecule has 2 rings (SSSR count). The van der Waals surface area contributed by atoms with Crippen LogP contribution in [0.4, 0.5) is 0 Å². The highest BCUT2D eigenvalue weighted by atomic mass is 32.2. The molecule has 1 aliphatic rings. The van der Waals surface area contributed by atoms with Gasteiger partial charge in [-0.1, -0.05) is 49.8 Å². The Morgan fingerprint density at radius 2 is 2.04 bits per heavy atom. The summed E-state index contributed by atoms with van der Waals surface area (Å²) in [5.74, 6) is 0.984. The summed E-state index contributed by atoms with van der Waals surface area (Å²) in [6, 6.07) is 3.22. The second-order valence-electron chi connectivity index (χ2n) is 5.54. The molecule has 126 valence electrons. The van der Waals surface area contributed by atoms with E-state index in [9.17, 15) is 8.42 Å². The minimum Gasteiger partial charge on any atom is -0.447 e. The lowest BCUT2D eigenvalue weighted by Crippen LogP contribution is -2.29. The summed E-state index contributed by atoms with van der Waals surface area (Å²) in [4.78, 5) is 0. The molecule has 23 heavy (non-hydrogen) atoms. The average molecular weight is 354 g/mol. The van der Waals surface area contributed by atoms with E-state index in [-0.39, 0.29) is 4.21 Å². The van der Waals surface area contributed by atoms with Gasteiger partial charge in [0.15, 0.2) is 5.06 Å². The maximum atomic E-state index is 12.4. The molecule has 0 spiro atoms. The number of hydrogen-bond acceptors (Lipinski definition) is 4. The number of sulfonamides is 1. The van der Waals surface area contributed by atoms with Gasteiger partial charge in [-0.3, -0.25) is 0 Å². The standard InChI is InChI=1S/C17H23NO3S2/c1-3-8-15(4-2)21-16-11-12-17(22-16)23(19,20)18-13-14-9-6-5-7-10-14/h3-4,8,11-12,14,18H,1-2,5-7,9-10,13H2/b15-8+. The first-order chi connectivity index (χ1) is 11.0. The predicted octanol–water partition coefficient (Wildman–Crippen LogP) is 4.24. The Labute approximate surface area is 142 Å². The molecule has 1 aromatic rings. The van der Waals surface area contributed by atoms with Crippen LogP contribution in [0.25, 0.3) is 0 Å². The Hall–Kier alpha value is -1.37. The van der Waals surface area contributed by atoms with Gasteiger partial charge in [0.25, 0.3) is 0 Å². The van der Waals surface area contributed by atoms with Gasteiger partial charge in [-0.15, -0.1) is 0 Å². The quantitative estimate of drug-likeness (QED) is 0.562. The van der Waals surface area contributed by atoms with E-state index in [4.69, 9.17) is 4.74 Å². The molecule has 0 aromatic carbocycles. The molecule has 1 heterocycles. The highest BCUT2D eigenvalue weighted by Gasteiger charge is 2.20. The van der Waals surface area contributed by atoms with Crippen molar-refractivity contribution in [2.45, 2.75) is 36.3 Å². The first-order valence-corrected chi connectivity index (χ1v) is 10.1. The summed E-state index contributed by atoms with van der Waals surface area (Å²) < 4.78 is 33.3. The smallest absolute Gasteiger partial charge is 0.250 e. The van der Waals surface area contributed by atoms with Crippen molar-refractivity contribution in [2.75, 3.05) is 6.54 Å². The summed E-state index contributed by atoms with van der Waals surface area (Å²) >= 11 is 1.10. The number of thiophene rings is 1. The van der Waals surface area contributed by atoms with Gasteiger partial charge in [0, 0.05) is 6.54 Å². The van der Waals surface area contributed by atoms with Crippen molar-refractivity contribution in [2.24, 2.45) is 5.92 Å². The predicted molar refractivity (Wildman–Crippen MR) is 95.2 cm³/mol. The van der Waals surface area contributed by atoms with Crippen molar-refractivity contribution in [1.82, 2.24) is 4.72 Å². The number of ether oxygens (including phenoxy) is 1. The van der Waals surface area contributed by atoms with E-state index in [1.165, 1.54) is 19.3 Å². The molecule has 1 saturated carbocycles. The Bertz CT molecular complexity index is 668. The van der Waals surface area contributed by atoms with Gasteiger partial charge >= 0.3 is 0 Å². The first kappa shape index (κ1) is 18.0. The molecule has 0 amide bonds. The molecule has 0 atom stereocenters.